The van der Waals surface area contributed by atoms with Crippen LogP contribution in [0.25, 0.3) is 0 Å². The quantitative estimate of drug-likeness (QED) is 0.461. The van der Waals surface area contributed by atoms with Crippen LogP contribution in [-0.4, -0.2) is 5.17 Å². The largest absolute Gasteiger partial charge is 0.240 e. The number of rotatable bonds is 2. The van der Waals surface area contributed by atoms with Crippen LogP contribution in [-0.2, 0) is 0 Å². The van der Waals surface area contributed by atoms with E-state index in [-0.39, 0.29) is 10.7 Å². The third kappa shape index (κ3) is 3.59. The summed E-state index contributed by atoms with van der Waals surface area (Å²) in [6.45, 7) is 7.05. The first-order valence-corrected chi connectivity index (χ1v) is 3.46. The number of hydrogen-bond acceptors (Lipinski definition) is 2. The maximum absolute atomic E-state index is 8.36. The Morgan fingerprint density at radius 3 is 2.64 bits per heavy atom. The lowest BCUT2D eigenvalue weighted by molar-refractivity contribution is 1.29. The van der Waals surface area contributed by atoms with E-state index in [1.807, 2.05) is 13.0 Å². The highest BCUT2D eigenvalue weighted by atomic mass is 35.5. The summed E-state index contributed by atoms with van der Waals surface area (Å²) in [5.41, 5.74) is 0.958. The molecule has 3 heteroatoms. The van der Waals surface area contributed by atoms with E-state index in [1.165, 1.54) is 0 Å². The van der Waals surface area contributed by atoms with Gasteiger partial charge in [0.1, 0.15) is 11.2 Å². The van der Waals surface area contributed by atoms with E-state index in [0.717, 1.165) is 5.70 Å². The highest BCUT2D eigenvalue weighted by Crippen LogP contribution is 2.03. The summed E-state index contributed by atoms with van der Waals surface area (Å²) in [6, 6.07) is 1.81. The van der Waals surface area contributed by atoms with Crippen molar-refractivity contribution in [3.05, 3.63) is 23.9 Å². The molecule has 0 saturated heterocycles. The van der Waals surface area contributed by atoms with Gasteiger partial charge in [0, 0.05) is 5.70 Å². The molecular weight excluding hydrogens is 160 g/mol. The van der Waals surface area contributed by atoms with E-state index >= 15 is 0 Å². The zero-order chi connectivity index (χ0) is 8.85. The molecule has 0 aliphatic rings. The Kier molecular flexibility index (Phi) is 4.24. The standard InChI is InChI=1S/C8H9ClN2/c1-4-7(3)11-8(9)6(2)5-10/h4H,2H2,1,3H3/b7-4-,11-8?. The fraction of sp³-hybridized carbons (Fsp3) is 0.250. The average molecular weight is 169 g/mol. The highest BCUT2D eigenvalue weighted by molar-refractivity contribution is 6.70. The second-order valence-corrected chi connectivity index (χ2v) is 2.28. The number of nitrogens with zero attached hydrogens (tertiary/aromatic N) is 2. The van der Waals surface area contributed by atoms with E-state index in [2.05, 4.69) is 11.6 Å². The van der Waals surface area contributed by atoms with Gasteiger partial charge in [-0.05, 0) is 13.8 Å². The first kappa shape index (κ1) is 9.93. The first-order chi connectivity index (χ1) is 5.11. The smallest absolute Gasteiger partial charge is 0.146 e. The van der Waals surface area contributed by atoms with Crippen molar-refractivity contribution in [3.8, 4) is 6.07 Å². The van der Waals surface area contributed by atoms with Gasteiger partial charge in [0.05, 0.1) is 5.57 Å². The van der Waals surface area contributed by atoms with Crippen molar-refractivity contribution >= 4 is 16.8 Å². The lowest BCUT2D eigenvalue weighted by Crippen LogP contribution is -1.89. The van der Waals surface area contributed by atoms with Crippen LogP contribution >= 0.6 is 11.6 Å². The van der Waals surface area contributed by atoms with Crippen LogP contribution in [0, 0.1) is 11.3 Å². The van der Waals surface area contributed by atoms with E-state index in [1.54, 1.807) is 13.0 Å². The van der Waals surface area contributed by atoms with Crippen LogP contribution in [0.4, 0.5) is 0 Å². The van der Waals surface area contributed by atoms with Gasteiger partial charge in [0.25, 0.3) is 0 Å². The van der Waals surface area contributed by atoms with Gasteiger partial charge in [-0.25, -0.2) is 4.99 Å². The van der Waals surface area contributed by atoms with Crippen LogP contribution in [0.2, 0.25) is 0 Å². The SMILES string of the molecule is C=C(C#N)C(Cl)=N/C(C)=C\C. The predicted octanol–water partition coefficient (Wildman–Crippen LogP) is 2.63. The molecule has 0 fully saturated rings. The molecular formula is C8H9ClN2. The summed E-state index contributed by atoms with van der Waals surface area (Å²) >= 11 is 5.59. The number of nitriles is 1. The molecule has 0 amide bonds. The van der Waals surface area contributed by atoms with Gasteiger partial charge >= 0.3 is 0 Å². The molecule has 0 spiro atoms. The molecule has 0 radical (unpaired) electrons. The highest BCUT2D eigenvalue weighted by Gasteiger charge is 1.97. The topological polar surface area (TPSA) is 36.1 Å². The summed E-state index contributed by atoms with van der Waals surface area (Å²) in [4.78, 5) is 3.89. The molecule has 2 nitrogen and oxygen atoms in total. The lowest BCUT2D eigenvalue weighted by atomic mass is 10.3. The van der Waals surface area contributed by atoms with E-state index < -0.39 is 0 Å². The summed E-state index contributed by atoms with van der Waals surface area (Å²) in [5, 5.41) is 8.51. The van der Waals surface area contributed by atoms with Crippen molar-refractivity contribution in [2.75, 3.05) is 0 Å². The molecule has 58 valence electrons. The maximum Gasteiger partial charge on any atom is 0.146 e. The summed E-state index contributed by atoms with van der Waals surface area (Å²) in [6.07, 6.45) is 1.80. The second kappa shape index (κ2) is 4.70. The summed E-state index contributed by atoms with van der Waals surface area (Å²) in [5.74, 6) is 0. The molecule has 11 heavy (non-hydrogen) atoms. The van der Waals surface area contributed by atoms with Crippen molar-refractivity contribution in [2.24, 2.45) is 4.99 Å². The normalized spacial score (nSPS) is 12.5. The zero-order valence-corrected chi connectivity index (χ0v) is 7.31. The van der Waals surface area contributed by atoms with E-state index in [9.17, 15) is 0 Å². The zero-order valence-electron chi connectivity index (χ0n) is 6.56. The Hall–Kier alpha value is -1.07. The van der Waals surface area contributed by atoms with Gasteiger partial charge in [-0.15, -0.1) is 0 Å². The number of halogens is 1. The Morgan fingerprint density at radius 2 is 2.27 bits per heavy atom. The summed E-state index contributed by atoms with van der Waals surface area (Å²) in [7, 11) is 0. The van der Waals surface area contributed by atoms with Gasteiger partial charge in [0.2, 0.25) is 0 Å². The molecule has 0 aromatic carbocycles. The fourth-order valence-electron chi connectivity index (χ4n) is 0.333. The van der Waals surface area contributed by atoms with Crippen LogP contribution in [0.15, 0.2) is 28.9 Å². The van der Waals surface area contributed by atoms with Crippen molar-refractivity contribution in [2.45, 2.75) is 13.8 Å². The van der Waals surface area contributed by atoms with E-state index in [4.69, 9.17) is 16.9 Å². The Bertz CT molecular complexity index is 256. The van der Waals surface area contributed by atoms with Gasteiger partial charge < -0.3 is 0 Å². The molecule has 0 heterocycles. The van der Waals surface area contributed by atoms with Crippen LogP contribution in [0.3, 0.4) is 0 Å². The average Bonchev–Trinajstić information content (AvgIpc) is 2.02. The minimum Gasteiger partial charge on any atom is -0.240 e. The van der Waals surface area contributed by atoms with Crippen molar-refractivity contribution < 1.29 is 0 Å². The lowest BCUT2D eigenvalue weighted by Gasteiger charge is -1.92. The van der Waals surface area contributed by atoms with E-state index in [0.29, 0.717) is 0 Å². The number of allylic oxidation sites excluding steroid dienone is 3. The van der Waals surface area contributed by atoms with Gasteiger partial charge in [-0.3, -0.25) is 0 Å². The number of hydrogen-bond donors (Lipinski definition) is 0. The predicted molar refractivity (Wildman–Crippen MR) is 47.5 cm³/mol. The minimum atomic E-state index is 0.156. The Morgan fingerprint density at radius 1 is 1.73 bits per heavy atom. The molecule has 0 bridgehead atoms. The monoisotopic (exact) mass is 168 g/mol. The van der Waals surface area contributed by atoms with Crippen LogP contribution in [0.5, 0.6) is 0 Å². The van der Waals surface area contributed by atoms with Crippen molar-refractivity contribution in [1.82, 2.24) is 0 Å². The first-order valence-electron chi connectivity index (χ1n) is 3.08. The van der Waals surface area contributed by atoms with Crippen LogP contribution < -0.4 is 0 Å². The molecule has 0 atom stereocenters. The molecule has 0 aromatic heterocycles. The molecule has 0 rings (SSSR count). The third-order valence-electron chi connectivity index (χ3n) is 1.08. The molecule has 0 aromatic rings. The molecule has 0 saturated carbocycles. The minimum absolute atomic E-state index is 0.156. The fourth-order valence-corrected chi connectivity index (χ4v) is 0.509. The maximum atomic E-state index is 8.36. The van der Waals surface area contributed by atoms with Crippen molar-refractivity contribution in [3.63, 3.8) is 0 Å². The number of aliphatic imine (C=N–C) groups is 1. The summed E-state index contributed by atoms with van der Waals surface area (Å²) < 4.78 is 0. The van der Waals surface area contributed by atoms with Crippen LogP contribution in [0.1, 0.15) is 13.8 Å². The van der Waals surface area contributed by atoms with Gasteiger partial charge in [0.15, 0.2) is 0 Å². The Labute approximate surface area is 71.5 Å². The van der Waals surface area contributed by atoms with Crippen molar-refractivity contribution in [1.29, 1.82) is 5.26 Å². The molecule has 0 aliphatic heterocycles. The molecule has 0 N–H and O–H groups in total. The second-order valence-electron chi connectivity index (χ2n) is 1.92. The molecule has 0 unspecified atom stereocenters. The van der Waals surface area contributed by atoms with Gasteiger partial charge in [-0.1, -0.05) is 24.3 Å². The third-order valence-corrected chi connectivity index (χ3v) is 1.39. The molecule has 0 aliphatic carbocycles. The van der Waals surface area contributed by atoms with Gasteiger partial charge in [-0.2, -0.15) is 5.26 Å². The Balaban J connectivity index is 4.50.